The molecule has 1 aliphatic heterocycles. The fraction of sp³-hybridized carbons (Fsp3) is 0.364. The van der Waals surface area contributed by atoms with Crippen LogP contribution in [0.15, 0.2) is 54.9 Å². The first-order chi connectivity index (χ1) is 14.2. The van der Waals surface area contributed by atoms with Crippen LogP contribution in [0, 0.1) is 0 Å². The minimum absolute atomic E-state index is 0.0905. The third kappa shape index (κ3) is 5.56. The molecule has 3 aromatic rings. The highest BCUT2D eigenvalue weighted by atomic mass is 35.5. The number of nitrogens with zero attached hydrogens (tertiary/aromatic N) is 4. The van der Waals surface area contributed by atoms with Gasteiger partial charge in [-0.25, -0.2) is 4.98 Å². The van der Waals surface area contributed by atoms with Crippen molar-refractivity contribution in [2.75, 3.05) is 39.3 Å². The van der Waals surface area contributed by atoms with Crippen LogP contribution in [0.5, 0.6) is 0 Å². The molecule has 0 unspecified atom stereocenters. The van der Waals surface area contributed by atoms with E-state index in [9.17, 15) is 4.79 Å². The lowest BCUT2D eigenvalue weighted by Gasteiger charge is -2.33. The maximum atomic E-state index is 12.2. The van der Waals surface area contributed by atoms with Crippen LogP contribution in [-0.2, 0) is 17.8 Å². The summed E-state index contributed by atoms with van der Waals surface area (Å²) in [5.74, 6) is 0.0905. The number of hydrogen-bond donors (Lipinski definition) is 1. The monoisotopic (exact) mass is 411 g/mol. The van der Waals surface area contributed by atoms with Gasteiger partial charge in [-0.15, -0.1) is 0 Å². The SMILES string of the molecule is O=C(CN1CCN(Cc2cn3ccccc3n2)CC1)NCCc1ccc(Cl)cc1. The molecule has 3 heterocycles. The molecule has 4 rings (SSSR count). The van der Waals surface area contributed by atoms with Crippen molar-refractivity contribution in [3.8, 4) is 0 Å². The molecule has 1 saturated heterocycles. The maximum Gasteiger partial charge on any atom is 0.234 e. The van der Waals surface area contributed by atoms with E-state index in [0.29, 0.717) is 13.1 Å². The van der Waals surface area contributed by atoms with Gasteiger partial charge in [0.15, 0.2) is 0 Å². The number of halogens is 1. The first-order valence-electron chi connectivity index (χ1n) is 10.0. The van der Waals surface area contributed by atoms with Crippen LogP contribution in [0.4, 0.5) is 0 Å². The average molecular weight is 412 g/mol. The van der Waals surface area contributed by atoms with Gasteiger partial charge in [0.2, 0.25) is 5.91 Å². The minimum atomic E-state index is 0.0905. The number of imidazole rings is 1. The summed E-state index contributed by atoms with van der Waals surface area (Å²) in [6, 6.07) is 13.8. The van der Waals surface area contributed by atoms with Crippen LogP contribution < -0.4 is 5.32 Å². The Morgan fingerprint density at radius 3 is 2.55 bits per heavy atom. The number of aromatic nitrogens is 2. The van der Waals surface area contributed by atoms with Gasteiger partial charge in [0.05, 0.1) is 12.2 Å². The molecule has 0 atom stereocenters. The molecule has 1 aliphatic rings. The van der Waals surface area contributed by atoms with Gasteiger partial charge in [-0.3, -0.25) is 14.6 Å². The lowest BCUT2D eigenvalue weighted by Crippen LogP contribution is -2.49. The molecule has 1 amide bonds. The van der Waals surface area contributed by atoms with Gasteiger partial charge in [-0.1, -0.05) is 29.8 Å². The Morgan fingerprint density at radius 2 is 1.79 bits per heavy atom. The van der Waals surface area contributed by atoms with E-state index in [1.165, 1.54) is 5.56 Å². The van der Waals surface area contributed by atoms with Gasteiger partial charge < -0.3 is 9.72 Å². The zero-order valence-electron chi connectivity index (χ0n) is 16.4. The molecule has 0 aliphatic carbocycles. The molecular weight excluding hydrogens is 386 g/mol. The van der Waals surface area contributed by atoms with Crippen molar-refractivity contribution in [3.63, 3.8) is 0 Å². The molecule has 152 valence electrons. The lowest BCUT2D eigenvalue weighted by molar-refractivity contribution is -0.122. The largest absolute Gasteiger partial charge is 0.355 e. The van der Waals surface area contributed by atoms with E-state index >= 15 is 0 Å². The number of pyridine rings is 1. The van der Waals surface area contributed by atoms with E-state index in [0.717, 1.165) is 55.5 Å². The predicted molar refractivity (Wildman–Crippen MR) is 115 cm³/mol. The average Bonchev–Trinajstić information content (AvgIpc) is 3.13. The van der Waals surface area contributed by atoms with E-state index in [2.05, 4.69) is 30.7 Å². The fourth-order valence-corrected chi connectivity index (χ4v) is 3.78. The van der Waals surface area contributed by atoms with Crippen LogP contribution in [0.2, 0.25) is 5.02 Å². The van der Waals surface area contributed by atoms with Crippen LogP contribution >= 0.6 is 11.6 Å². The molecule has 1 N–H and O–H groups in total. The summed E-state index contributed by atoms with van der Waals surface area (Å²) in [6.45, 7) is 5.66. The third-order valence-electron chi connectivity index (χ3n) is 5.28. The number of amides is 1. The van der Waals surface area contributed by atoms with Crippen LogP contribution in [0.25, 0.3) is 5.65 Å². The number of carbonyl (C=O) groups is 1. The number of piperazine rings is 1. The second kappa shape index (κ2) is 9.39. The van der Waals surface area contributed by atoms with Crippen molar-refractivity contribution in [3.05, 3.63) is 71.1 Å². The van der Waals surface area contributed by atoms with Gasteiger partial charge in [0.25, 0.3) is 0 Å². The molecular formula is C22H26ClN5O. The molecule has 6 nitrogen and oxygen atoms in total. The topological polar surface area (TPSA) is 52.9 Å². The Labute approximate surface area is 176 Å². The molecule has 0 bridgehead atoms. The smallest absolute Gasteiger partial charge is 0.234 e. The summed E-state index contributed by atoms with van der Waals surface area (Å²) in [5, 5.41) is 3.75. The van der Waals surface area contributed by atoms with Crippen LogP contribution in [0.1, 0.15) is 11.3 Å². The van der Waals surface area contributed by atoms with Gasteiger partial charge in [0, 0.05) is 56.7 Å². The molecule has 1 aromatic carbocycles. The molecule has 0 radical (unpaired) electrons. The Hall–Kier alpha value is -2.41. The Bertz CT molecular complexity index is 914. The highest BCUT2D eigenvalue weighted by Gasteiger charge is 2.19. The van der Waals surface area contributed by atoms with Crippen LogP contribution in [0.3, 0.4) is 0 Å². The predicted octanol–water partition coefficient (Wildman–Crippen LogP) is 2.46. The Kier molecular flexibility index (Phi) is 6.44. The molecule has 0 saturated carbocycles. The van der Waals surface area contributed by atoms with E-state index in [-0.39, 0.29) is 5.91 Å². The first-order valence-corrected chi connectivity index (χ1v) is 10.4. The number of hydrogen-bond acceptors (Lipinski definition) is 4. The van der Waals surface area contributed by atoms with E-state index < -0.39 is 0 Å². The summed E-state index contributed by atoms with van der Waals surface area (Å²) in [7, 11) is 0. The number of carbonyl (C=O) groups excluding carboxylic acids is 1. The summed E-state index contributed by atoms with van der Waals surface area (Å²) in [6.07, 6.45) is 4.93. The number of fused-ring (bicyclic) bond motifs is 1. The molecule has 29 heavy (non-hydrogen) atoms. The van der Waals surface area contributed by atoms with Crippen molar-refractivity contribution in [2.45, 2.75) is 13.0 Å². The van der Waals surface area contributed by atoms with Gasteiger partial charge >= 0.3 is 0 Å². The quantitative estimate of drug-likeness (QED) is 0.649. The van der Waals surface area contributed by atoms with Gasteiger partial charge in [-0.05, 0) is 36.2 Å². The normalized spacial score (nSPS) is 15.6. The number of rotatable bonds is 7. The highest BCUT2D eigenvalue weighted by Crippen LogP contribution is 2.11. The van der Waals surface area contributed by atoms with E-state index in [4.69, 9.17) is 11.6 Å². The zero-order valence-corrected chi connectivity index (χ0v) is 17.2. The van der Waals surface area contributed by atoms with Crippen molar-refractivity contribution in [2.24, 2.45) is 0 Å². The lowest BCUT2D eigenvalue weighted by atomic mass is 10.1. The molecule has 7 heteroatoms. The van der Waals surface area contributed by atoms with Gasteiger partial charge in [-0.2, -0.15) is 0 Å². The van der Waals surface area contributed by atoms with E-state index in [1.54, 1.807) is 0 Å². The van der Waals surface area contributed by atoms with Gasteiger partial charge in [0.1, 0.15) is 5.65 Å². The summed E-state index contributed by atoms with van der Waals surface area (Å²) >= 11 is 5.90. The maximum absolute atomic E-state index is 12.2. The number of nitrogens with one attached hydrogen (secondary N) is 1. The summed E-state index contributed by atoms with van der Waals surface area (Å²) in [5.41, 5.74) is 3.25. The van der Waals surface area contributed by atoms with Crippen molar-refractivity contribution in [1.29, 1.82) is 0 Å². The standard InChI is InChI=1S/C22H26ClN5O/c23-19-6-4-18(5-7-19)8-9-24-22(29)17-27-13-11-26(12-14-27)15-20-16-28-10-2-1-3-21(28)25-20/h1-7,10,16H,8-9,11-15,17H2,(H,24,29). The van der Waals surface area contributed by atoms with E-state index in [1.807, 2.05) is 48.7 Å². The molecule has 1 fully saturated rings. The highest BCUT2D eigenvalue weighted by molar-refractivity contribution is 6.30. The van der Waals surface area contributed by atoms with Crippen molar-refractivity contribution < 1.29 is 4.79 Å². The minimum Gasteiger partial charge on any atom is -0.355 e. The first kappa shape index (κ1) is 19.9. The second-order valence-corrected chi connectivity index (χ2v) is 7.91. The van der Waals surface area contributed by atoms with Crippen molar-refractivity contribution in [1.82, 2.24) is 24.5 Å². The molecule has 2 aromatic heterocycles. The number of benzene rings is 1. The van der Waals surface area contributed by atoms with Crippen molar-refractivity contribution >= 4 is 23.2 Å². The zero-order chi connectivity index (χ0) is 20.1. The fourth-order valence-electron chi connectivity index (χ4n) is 3.65. The van der Waals surface area contributed by atoms with Crippen LogP contribution in [-0.4, -0.2) is 64.4 Å². The molecule has 0 spiro atoms. The summed E-state index contributed by atoms with van der Waals surface area (Å²) < 4.78 is 2.06. The third-order valence-corrected chi connectivity index (χ3v) is 5.53. The summed E-state index contributed by atoms with van der Waals surface area (Å²) in [4.78, 5) is 21.5. The Morgan fingerprint density at radius 1 is 1.03 bits per heavy atom. The Balaban J connectivity index is 1.16. The second-order valence-electron chi connectivity index (χ2n) is 7.48.